The highest BCUT2D eigenvalue weighted by Crippen LogP contribution is 2.33. The number of allylic oxidation sites excluding steroid dienone is 4. The second-order valence-corrected chi connectivity index (χ2v) is 7.62. The molecule has 1 aromatic carbocycles. The van der Waals surface area contributed by atoms with Crippen molar-refractivity contribution in [3.8, 4) is 0 Å². The summed E-state index contributed by atoms with van der Waals surface area (Å²) in [5, 5.41) is 3.74. The van der Waals surface area contributed by atoms with E-state index in [1.807, 2.05) is 37.3 Å². The molecule has 1 unspecified atom stereocenters. The van der Waals surface area contributed by atoms with Crippen LogP contribution in [-0.2, 0) is 6.42 Å². The van der Waals surface area contributed by atoms with Crippen molar-refractivity contribution in [2.75, 3.05) is 0 Å². The van der Waals surface area contributed by atoms with Crippen molar-refractivity contribution in [1.82, 2.24) is 20.3 Å². The molecule has 5 nitrogen and oxygen atoms in total. The summed E-state index contributed by atoms with van der Waals surface area (Å²) >= 11 is 0. The zero-order valence-corrected chi connectivity index (χ0v) is 16.4. The number of aromatic nitrogens is 3. The summed E-state index contributed by atoms with van der Waals surface area (Å²) in [7, 11) is 0. The van der Waals surface area contributed by atoms with E-state index in [4.69, 9.17) is 0 Å². The summed E-state index contributed by atoms with van der Waals surface area (Å²) in [5.41, 5.74) is 5.75. The summed E-state index contributed by atoms with van der Waals surface area (Å²) in [6.45, 7) is 1.82. The Morgan fingerprint density at radius 3 is 2.97 bits per heavy atom. The first-order chi connectivity index (χ1) is 14.6. The van der Waals surface area contributed by atoms with Gasteiger partial charge in [-0.2, -0.15) is 0 Å². The van der Waals surface area contributed by atoms with Gasteiger partial charge < -0.3 is 5.32 Å². The fraction of sp³-hybridized carbons (Fsp3) is 0.167. The quantitative estimate of drug-likeness (QED) is 0.688. The molecule has 2 aromatic heterocycles. The Morgan fingerprint density at radius 2 is 2.10 bits per heavy atom. The first-order valence-corrected chi connectivity index (χ1v) is 9.86. The van der Waals surface area contributed by atoms with Gasteiger partial charge in [0.05, 0.1) is 16.8 Å². The lowest BCUT2D eigenvalue weighted by Gasteiger charge is -2.15. The van der Waals surface area contributed by atoms with Crippen LogP contribution in [-0.4, -0.2) is 20.9 Å². The van der Waals surface area contributed by atoms with Crippen molar-refractivity contribution >= 4 is 22.4 Å². The van der Waals surface area contributed by atoms with Crippen LogP contribution in [0.25, 0.3) is 16.5 Å². The van der Waals surface area contributed by atoms with Crippen LogP contribution in [0, 0.1) is 5.92 Å². The van der Waals surface area contributed by atoms with Gasteiger partial charge in [-0.1, -0.05) is 25.1 Å². The first-order valence-electron chi connectivity index (χ1n) is 9.86. The molecule has 0 fully saturated rings. The highest BCUT2D eigenvalue weighted by atomic mass is 19.1. The lowest BCUT2D eigenvalue weighted by Crippen LogP contribution is -2.24. The smallest absolute Gasteiger partial charge is 0.257 e. The molecule has 30 heavy (non-hydrogen) atoms. The number of nitrogens with zero attached hydrogens (tertiary/aromatic N) is 3. The van der Waals surface area contributed by atoms with Gasteiger partial charge in [0, 0.05) is 42.8 Å². The largest absolute Gasteiger partial charge is 0.322 e. The number of carbonyl (C=O) groups is 1. The molecule has 0 spiro atoms. The van der Waals surface area contributed by atoms with Gasteiger partial charge >= 0.3 is 0 Å². The molecular formula is C24H21FN4O. The van der Waals surface area contributed by atoms with E-state index in [1.54, 1.807) is 12.4 Å². The molecule has 3 aromatic rings. The SMILES string of the molecule is CC1CC=C(NC(=O)c2cnc3c(c2)C(c2ccc4ncncc4c2)=CC3)C=C1F.[HH]. The predicted octanol–water partition coefficient (Wildman–Crippen LogP) is 4.77. The Hall–Kier alpha value is -3.67. The molecule has 0 bridgehead atoms. The number of hydrogen-bond acceptors (Lipinski definition) is 4. The van der Waals surface area contributed by atoms with Gasteiger partial charge in [0.15, 0.2) is 0 Å². The van der Waals surface area contributed by atoms with E-state index >= 15 is 0 Å². The van der Waals surface area contributed by atoms with Gasteiger partial charge in [0.2, 0.25) is 0 Å². The molecule has 150 valence electrons. The summed E-state index contributed by atoms with van der Waals surface area (Å²) in [6, 6.07) is 7.88. The maximum absolute atomic E-state index is 13.9. The molecule has 0 aliphatic heterocycles. The van der Waals surface area contributed by atoms with Crippen molar-refractivity contribution in [2.24, 2.45) is 5.92 Å². The number of benzene rings is 1. The predicted molar refractivity (Wildman–Crippen MR) is 115 cm³/mol. The molecular weight excluding hydrogens is 379 g/mol. The lowest BCUT2D eigenvalue weighted by molar-refractivity contribution is 0.0966. The van der Waals surface area contributed by atoms with Crippen LogP contribution >= 0.6 is 0 Å². The number of hydrogen-bond donors (Lipinski definition) is 1. The van der Waals surface area contributed by atoms with Crippen molar-refractivity contribution in [3.05, 3.63) is 95.1 Å². The topological polar surface area (TPSA) is 67.8 Å². The van der Waals surface area contributed by atoms with Gasteiger partial charge in [0.1, 0.15) is 12.2 Å². The standard InChI is InChI=1S/C24H19FN4O.H2/c1-14-2-4-18(10-21(14)25)29-24(30)17-9-20-19(5-7-23(20)27-12-17)15-3-6-22-16(8-15)11-26-13-28-22;/h3-6,8-14H,2,7H2,1H3,(H,29,30);1H. The summed E-state index contributed by atoms with van der Waals surface area (Å²) in [4.78, 5) is 25.6. The minimum absolute atomic E-state index is 0. The average Bonchev–Trinajstić information content (AvgIpc) is 3.19. The highest BCUT2D eigenvalue weighted by molar-refractivity contribution is 5.97. The first kappa shape index (κ1) is 18.4. The van der Waals surface area contributed by atoms with Crippen LogP contribution in [0.1, 0.15) is 42.0 Å². The molecule has 2 aliphatic rings. The minimum Gasteiger partial charge on any atom is -0.322 e. The summed E-state index contributed by atoms with van der Waals surface area (Å²) in [6.07, 6.45) is 11.5. The number of rotatable bonds is 3. The maximum atomic E-state index is 13.9. The molecule has 0 saturated carbocycles. The van der Waals surface area contributed by atoms with Crippen molar-refractivity contribution in [2.45, 2.75) is 19.8 Å². The van der Waals surface area contributed by atoms with Gasteiger partial charge in [-0.05, 0) is 41.8 Å². The number of fused-ring (bicyclic) bond motifs is 2. The normalized spacial score (nSPS) is 17.8. The second kappa shape index (κ2) is 7.30. The number of pyridine rings is 1. The van der Waals surface area contributed by atoms with Crippen LogP contribution in [0.4, 0.5) is 4.39 Å². The van der Waals surface area contributed by atoms with E-state index in [0.717, 1.165) is 33.3 Å². The third-order valence-electron chi connectivity index (χ3n) is 5.55. The van der Waals surface area contributed by atoms with Crippen LogP contribution in [0.3, 0.4) is 0 Å². The van der Waals surface area contributed by atoms with Crippen LogP contribution in [0.5, 0.6) is 0 Å². The molecule has 2 aliphatic carbocycles. The molecule has 1 amide bonds. The average molecular weight is 400 g/mol. The third-order valence-corrected chi connectivity index (χ3v) is 5.55. The Labute approximate surface area is 174 Å². The van der Waals surface area contributed by atoms with E-state index < -0.39 is 0 Å². The molecule has 2 heterocycles. The van der Waals surface area contributed by atoms with Gasteiger partial charge in [-0.15, -0.1) is 0 Å². The zero-order chi connectivity index (χ0) is 20.7. The molecule has 1 atom stereocenters. The van der Waals surface area contributed by atoms with Crippen molar-refractivity contribution in [3.63, 3.8) is 0 Å². The fourth-order valence-corrected chi connectivity index (χ4v) is 3.80. The minimum atomic E-state index is -0.298. The Balaban J connectivity index is 0.00000231. The molecule has 0 radical (unpaired) electrons. The number of nitrogens with one attached hydrogen (secondary N) is 1. The van der Waals surface area contributed by atoms with Crippen LogP contribution < -0.4 is 5.32 Å². The molecule has 5 rings (SSSR count). The van der Waals surface area contributed by atoms with Crippen LogP contribution in [0.2, 0.25) is 0 Å². The van der Waals surface area contributed by atoms with E-state index in [2.05, 4.69) is 26.3 Å². The van der Waals surface area contributed by atoms with E-state index in [1.165, 1.54) is 12.4 Å². The zero-order valence-electron chi connectivity index (χ0n) is 16.4. The Kier molecular flexibility index (Phi) is 4.47. The number of amides is 1. The lowest BCUT2D eigenvalue weighted by atomic mass is 9.98. The summed E-state index contributed by atoms with van der Waals surface area (Å²) in [5.74, 6) is -0.661. The molecule has 6 heteroatoms. The van der Waals surface area contributed by atoms with E-state index in [9.17, 15) is 9.18 Å². The van der Waals surface area contributed by atoms with Gasteiger partial charge in [0.25, 0.3) is 5.91 Å². The summed E-state index contributed by atoms with van der Waals surface area (Å²) < 4.78 is 13.9. The third kappa shape index (κ3) is 3.30. The number of carbonyl (C=O) groups excluding carboxylic acids is 1. The van der Waals surface area contributed by atoms with Gasteiger partial charge in [-0.25, -0.2) is 14.4 Å². The van der Waals surface area contributed by atoms with E-state index in [-0.39, 0.29) is 19.1 Å². The number of halogens is 1. The van der Waals surface area contributed by atoms with Gasteiger partial charge in [-0.3, -0.25) is 9.78 Å². The molecule has 0 saturated heterocycles. The fourth-order valence-electron chi connectivity index (χ4n) is 3.80. The van der Waals surface area contributed by atoms with E-state index in [0.29, 0.717) is 24.1 Å². The second-order valence-electron chi connectivity index (χ2n) is 7.62. The maximum Gasteiger partial charge on any atom is 0.257 e. The van der Waals surface area contributed by atoms with Crippen LogP contribution in [0.15, 0.2) is 72.7 Å². The van der Waals surface area contributed by atoms with Crippen molar-refractivity contribution < 1.29 is 10.6 Å². The monoisotopic (exact) mass is 400 g/mol. The Morgan fingerprint density at radius 1 is 1.20 bits per heavy atom. The Bertz CT molecular complexity index is 1280. The highest BCUT2D eigenvalue weighted by Gasteiger charge is 2.21. The van der Waals surface area contributed by atoms with Crippen molar-refractivity contribution in [1.29, 1.82) is 0 Å². The molecule has 1 N–H and O–H groups in total.